The van der Waals surface area contributed by atoms with Crippen molar-refractivity contribution in [2.24, 2.45) is 23.7 Å². The van der Waals surface area contributed by atoms with Crippen molar-refractivity contribution in [2.75, 3.05) is 12.3 Å². The van der Waals surface area contributed by atoms with E-state index in [0.717, 1.165) is 11.8 Å². The van der Waals surface area contributed by atoms with E-state index >= 15 is 0 Å². The van der Waals surface area contributed by atoms with Crippen molar-refractivity contribution in [2.45, 2.75) is 48.4 Å². The van der Waals surface area contributed by atoms with Gasteiger partial charge >= 0.3 is 0 Å². The average molecular weight is 475 g/mol. The van der Waals surface area contributed by atoms with Crippen LogP contribution in [-0.4, -0.2) is 42.3 Å². The predicted molar refractivity (Wildman–Crippen MR) is 116 cm³/mol. The zero-order valence-corrected chi connectivity index (χ0v) is 19.0. The van der Waals surface area contributed by atoms with Crippen LogP contribution >= 0.6 is 35.0 Å². The maximum Gasteiger partial charge on any atom is 0.248 e. The molecule has 1 heterocycles. The number of thioether (sulfide) groups is 1. The molecule has 0 radical (unpaired) electrons. The Kier molecular flexibility index (Phi) is 5.35. The summed E-state index contributed by atoms with van der Waals surface area (Å²) in [6.07, 6.45) is 6.20. The van der Waals surface area contributed by atoms with Gasteiger partial charge in [0.15, 0.2) is 0 Å². The van der Waals surface area contributed by atoms with E-state index in [0.29, 0.717) is 29.2 Å². The molecule has 4 bridgehead atoms. The van der Waals surface area contributed by atoms with Crippen LogP contribution in [0.25, 0.3) is 0 Å². The molecule has 6 rings (SSSR count). The van der Waals surface area contributed by atoms with Crippen LogP contribution in [-0.2, 0) is 14.8 Å². The number of hydrogen-bond acceptors (Lipinski definition) is 4. The van der Waals surface area contributed by atoms with Gasteiger partial charge in [-0.25, -0.2) is 8.42 Å². The van der Waals surface area contributed by atoms with Gasteiger partial charge in [-0.1, -0.05) is 23.2 Å². The number of sulfonamides is 1. The molecule has 5 nitrogen and oxygen atoms in total. The molecule has 4 saturated carbocycles. The van der Waals surface area contributed by atoms with Crippen LogP contribution in [0.3, 0.4) is 0 Å². The molecule has 5 aliphatic rings. The summed E-state index contributed by atoms with van der Waals surface area (Å²) >= 11 is 13.3. The molecule has 5 fully saturated rings. The third kappa shape index (κ3) is 3.61. The van der Waals surface area contributed by atoms with E-state index in [-0.39, 0.29) is 21.9 Å². The highest BCUT2D eigenvalue weighted by molar-refractivity contribution is 8.02. The molecule has 1 saturated heterocycles. The number of rotatable bonds is 4. The molecule has 1 aromatic carbocycles. The van der Waals surface area contributed by atoms with Crippen molar-refractivity contribution in [3.63, 3.8) is 0 Å². The Labute approximate surface area is 185 Å². The molecular formula is C20H24Cl2N2O3S2. The summed E-state index contributed by atoms with van der Waals surface area (Å²) in [5, 5.41) is 3.03. The van der Waals surface area contributed by atoms with Crippen molar-refractivity contribution >= 4 is 50.9 Å². The zero-order valence-electron chi connectivity index (χ0n) is 15.9. The van der Waals surface area contributed by atoms with Crippen LogP contribution in [0.1, 0.15) is 32.1 Å². The smallest absolute Gasteiger partial charge is 0.248 e. The normalized spacial score (nSPS) is 36.5. The minimum absolute atomic E-state index is 0.0711. The first-order valence-electron chi connectivity index (χ1n) is 10.2. The van der Waals surface area contributed by atoms with Crippen LogP contribution in [0.4, 0.5) is 0 Å². The van der Waals surface area contributed by atoms with E-state index in [1.807, 2.05) is 0 Å². The highest BCUT2D eigenvalue weighted by atomic mass is 35.5. The first kappa shape index (κ1) is 20.4. The topological polar surface area (TPSA) is 66.5 Å². The number of nitrogens with zero attached hydrogens (tertiary/aromatic N) is 1. The van der Waals surface area contributed by atoms with Crippen molar-refractivity contribution in [1.29, 1.82) is 0 Å². The van der Waals surface area contributed by atoms with Gasteiger partial charge in [-0.2, -0.15) is 4.31 Å². The standard InChI is InChI=1S/C20H24Cl2N2O3S2/c21-16-2-1-15(10-17(16)22)29(26,27)24-3-4-28-20(24)19(25)23-18-13-6-11-5-12(8-13)9-14(18)7-11/h1-2,10-14,18,20H,3-9H2,(H,23,25). The Bertz CT molecular complexity index is 912. The van der Waals surface area contributed by atoms with Crippen molar-refractivity contribution in [1.82, 2.24) is 9.62 Å². The van der Waals surface area contributed by atoms with Crippen LogP contribution in [0.2, 0.25) is 10.0 Å². The molecule has 1 unspecified atom stereocenters. The second kappa shape index (κ2) is 7.59. The number of hydrogen-bond donors (Lipinski definition) is 1. The summed E-state index contributed by atoms with van der Waals surface area (Å²) in [4.78, 5) is 13.2. The first-order chi connectivity index (χ1) is 13.8. The van der Waals surface area contributed by atoms with E-state index in [4.69, 9.17) is 23.2 Å². The molecule has 1 aromatic rings. The highest BCUT2D eigenvalue weighted by Gasteiger charge is 2.50. The summed E-state index contributed by atoms with van der Waals surface area (Å²) in [6.45, 7) is 0.313. The van der Waals surface area contributed by atoms with E-state index < -0.39 is 15.4 Å². The summed E-state index contributed by atoms with van der Waals surface area (Å²) in [7, 11) is -3.82. The molecule has 1 N–H and O–H groups in total. The molecule has 158 valence electrons. The molecule has 0 aromatic heterocycles. The van der Waals surface area contributed by atoms with Gasteiger partial charge in [0, 0.05) is 18.3 Å². The zero-order chi connectivity index (χ0) is 20.3. The van der Waals surface area contributed by atoms with Crippen molar-refractivity contribution < 1.29 is 13.2 Å². The van der Waals surface area contributed by atoms with Gasteiger partial charge in [0.05, 0.1) is 14.9 Å². The van der Waals surface area contributed by atoms with E-state index in [9.17, 15) is 13.2 Å². The molecule has 4 aliphatic carbocycles. The Morgan fingerprint density at radius 1 is 1.03 bits per heavy atom. The fraction of sp³-hybridized carbons (Fsp3) is 0.650. The summed E-state index contributed by atoms with van der Waals surface area (Å²) in [6, 6.07) is 4.48. The number of halogens is 2. The van der Waals surface area contributed by atoms with Gasteiger partial charge < -0.3 is 5.32 Å². The summed E-state index contributed by atoms with van der Waals surface area (Å²) in [5.41, 5.74) is 0. The first-order valence-corrected chi connectivity index (χ1v) is 13.5. The molecule has 29 heavy (non-hydrogen) atoms. The van der Waals surface area contributed by atoms with Gasteiger partial charge in [0.1, 0.15) is 5.37 Å². The third-order valence-corrected chi connectivity index (χ3v) is 11.0. The largest absolute Gasteiger partial charge is 0.351 e. The maximum absolute atomic E-state index is 13.2. The van der Waals surface area contributed by atoms with Gasteiger partial charge in [0.25, 0.3) is 0 Å². The van der Waals surface area contributed by atoms with E-state index in [1.54, 1.807) is 0 Å². The number of amides is 1. The van der Waals surface area contributed by atoms with E-state index in [2.05, 4.69) is 5.32 Å². The van der Waals surface area contributed by atoms with Crippen LogP contribution in [0.15, 0.2) is 23.1 Å². The van der Waals surface area contributed by atoms with Crippen LogP contribution in [0.5, 0.6) is 0 Å². The number of benzene rings is 1. The van der Waals surface area contributed by atoms with Gasteiger partial charge in [-0.15, -0.1) is 11.8 Å². The number of nitrogens with one attached hydrogen (secondary N) is 1. The minimum Gasteiger partial charge on any atom is -0.351 e. The fourth-order valence-corrected chi connectivity index (χ4v) is 9.55. The molecule has 1 atom stereocenters. The quantitative estimate of drug-likeness (QED) is 0.715. The molecular weight excluding hydrogens is 451 g/mol. The predicted octanol–water partition coefficient (Wildman–Crippen LogP) is 4.00. The maximum atomic E-state index is 13.2. The lowest BCUT2D eigenvalue weighted by Gasteiger charge is -2.54. The highest BCUT2D eigenvalue weighted by Crippen LogP contribution is 2.53. The lowest BCUT2D eigenvalue weighted by atomic mass is 9.54. The summed E-state index contributed by atoms with van der Waals surface area (Å²) in [5.74, 6) is 3.20. The Morgan fingerprint density at radius 2 is 1.69 bits per heavy atom. The minimum atomic E-state index is -3.82. The SMILES string of the molecule is O=C(NC1C2CC3CC(C2)CC1C3)C1SCCN1S(=O)(=O)c1ccc(Cl)c(Cl)c1. The second-order valence-corrected chi connectivity index (χ2v) is 12.8. The molecule has 0 spiro atoms. The Hall–Kier alpha value is -0.470. The summed E-state index contributed by atoms with van der Waals surface area (Å²) < 4.78 is 27.7. The fourth-order valence-electron chi connectivity index (χ4n) is 6.08. The van der Waals surface area contributed by atoms with Gasteiger partial charge in [0.2, 0.25) is 15.9 Å². The van der Waals surface area contributed by atoms with E-state index in [1.165, 1.54) is 66.4 Å². The van der Waals surface area contributed by atoms with Gasteiger partial charge in [-0.3, -0.25) is 4.79 Å². The Balaban J connectivity index is 1.34. The van der Waals surface area contributed by atoms with Gasteiger partial charge in [-0.05, 0) is 74.0 Å². The molecule has 9 heteroatoms. The van der Waals surface area contributed by atoms with Crippen LogP contribution < -0.4 is 5.32 Å². The average Bonchev–Trinajstić information content (AvgIpc) is 3.17. The van der Waals surface area contributed by atoms with Crippen molar-refractivity contribution in [3.8, 4) is 0 Å². The second-order valence-electron chi connectivity index (χ2n) is 8.88. The monoisotopic (exact) mass is 474 g/mol. The lowest BCUT2D eigenvalue weighted by Crippen LogP contribution is -2.58. The third-order valence-electron chi connectivity index (χ3n) is 7.11. The van der Waals surface area contributed by atoms with Crippen molar-refractivity contribution in [3.05, 3.63) is 28.2 Å². The lowest BCUT2D eigenvalue weighted by molar-refractivity contribution is -0.126. The molecule has 1 amide bonds. The Morgan fingerprint density at radius 3 is 2.31 bits per heavy atom. The number of carbonyl (C=O) groups excluding carboxylic acids is 1. The molecule has 1 aliphatic heterocycles. The number of carbonyl (C=O) groups is 1. The van der Waals surface area contributed by atoms with Crippen LogP contribution in [0, 0.1) is 23.7 Å².